The molecular weight excluding hydrogens is 469 g/mol. The molecule has 0 unspecified atom stereocenters. The average molecular weight is 492 g/mol. The quantitative estimate of drug-likeness (QED) is 0.556. The number of aromatic nitrogens is 2. The Kier molecular flexibility index (Phi) is 5.75. The van der Waals surface area contributed by atoms with Gasteiger partial charge < -0.3 is 20.4 Å². The van der Waals surface area contributed by atoms with Gasteiger partial charge in [-0.25, -0.2) is 12.8 Å². The second-order valence-corrected chi connectivity index (χ2v) is 11.0. The molecule has 2 aliphatic rings. The Morgan fingerprint density at radius 2 is 1.97 bits per heavy atom. The highest BCUT2D eigenvalue weighted by atomic mass is 35.5. The fourth-order valence-corrected chi connectivity index (χ4v) is 5.85. The Balaban J connectivity index is 1.55. The molecule has 174 valence electrons. The smallest absolute Gasteiger partial charge is 0.315 e. The van der Waals surface area contributed by atoms with Crippen LogP contribution >= 0.6 is 11.6 Å². The van der Waals surface area contributed by atoms with Gasteiger partial charge in [0, 0.05) is 30.2 Å². The lowest BCUT2D eigenvalue weighted by atomic mass is 9.93. The average Bonchev–Trinajstić information content (AvgIpc) is 3.16. The number of nitrogens with two attached hydrogens (primary N) is 1. The zero-order valence-corrected chi connectivity index (χ0v) is 19.2. The van der Waals surface area contributed by atoms with Crippen LogP contribution in [-0.2, 0) is 16.4 Å². The summed E-state index contributed by atoms with van der Waals surface area (Å²) in [5.41, 5.74) is 7.42. The number of anilines is 2. The molecule has 1 fully saturated rings. The predicted octanol–water partition coefficient (Wildman–Crippen LogP) is 3.61. The lowest BCUT2D eigenvalue weighted by Gasteiger charge is -2.26. The molecule has 1 aliphatic heterocycles. The number of nitrogens with zero attached hydrogens (tertiary/aromatic N) is 3. The number of rotatable bonds is 5. The molecule has 5 rings (SSSR count). The summed E-state index contributed by atoms with van der Waals surface area (Å²) < 4.78 is 46.7. The Bertz CT molecular complexity index is 1280. The summed E-state index contributed by atoms with van der Waals surface area (Å²) in [6.07, 6.45) is 3.17. The molecule has 3 aromatic rings. The molecule has 3 N–H and O–H groups in total. The molecule has 1 saturated carbocycles. The minimum Gasteiger partial charge on any atom is -0.403 e. The largest absolute Gasteiger partial charge is 0.403 e. The van der Waals surface area contributed by atoms with Crippen LogP contribution in [0.25, 0.3) is 11.5 Å². The van der Waals surface area contributed by atoms with Crippen LogP contribution in [0.5, 0.6) is 0 Å². The highest BCUT2D eigenvalue weighted by Gasteiger charge is 2.32. The Morgan fingerprint density at radius 3 is 2.67 bits per heavy atom. The Morgan fingerprint density at radius 1 is 1.21 bits per heavy atom. The Labute approximate surface area is 195 Å². The van der Waals surface area contributed by atoms with Crippen molar-refractivity contribution in [3.8, 4) is 11.5 Å². The third kappa shape index (κ3) is 4.55. The van der Waals surface area contributed by atoms with E-state index in [9.17, 15) is 8.42 Å². The first-order valence-corrected chi connectivity index (χ1v) is 12.7. The molecular formula is C22H23ClFN5O3S. The van der Waals surface area contributed by atoms with Crippen LogP contribution in [0.3, 0.4) is 0 Å². The lowest BCUT2D eigenvalue weighted by Crippen LogP contribution is -2.39. The molecule has 0 bridgehead atoms. The van der Waals surface area contributed by atoms with Gasteiger partial charge in [-0.15, -0.1) is 5.10 Å². The molecule has 0 amide bonds. The summed E-state index contributed by atoms with van der Waals surface area (Å²) in [4.78, 5) is 1.73. The van der Waals surface area contributed by atoms with Crippen molar-refractivity contribution in [1.29, 1.82) is 0 Å². The highest BCUT2D eigenvalue weighted by molar-refractivity contribution is 7.91. The van der Waals surface area contributed by atoms with Crippen molar-refractivity contribution >= 4 is 33.1 Å². The molecule has 1 aliphatic carbocycles. The van der Waals surface area contributed by atoms with Crippen LogP contribution in [0.15, 0.2) is 45.7 Å². The van der Waals surface area contributed by atoms with Crippen LogP contribution in [0, 0.1) is 5.82 Å². The third-order valence-electron chi connectivity index (χ3n) is 5.99. The van der Waals surface area contributed by atoms with Crippen LogP contribution in [0.1, 0.15) is 24.8 Å². The first-order valence-electron chi connectivity index (χ1n) is 10.7. The molecule has 8 nitrogen and oxygen atoms in total. The van der Waals surface area contributed by atoms with Gasteiger partial charge in [-0.2, -0.15) is 0 Å². The second kappa shape index (κ2) is 8.58. The van der Waals surface area contributed by atoms with Crippen LogP contribution in [-0.4, -0.2) is 43.0 Å². The van der Waals surface area contributed by atoms with E-state index in [1.54, 1.807) is 12.1 Å². The topological polar surface area (TPSA) is 114 Å². The van der Waals surface area contributed by atoms with Gasteiger partial charge in [0.25, 0.3) is 5.89 Å². The van der Waals surface area contributed by atoms with Gasteiger partial charge in [-0.3, -0.25) is 0 Å². The van der Waals surface area contributed by atoms with E-state index in [0.717, 1.165) is 30.9 Å². The molecule has 0 radical (unpaired) electrons. The number of halogens is 2. The van der Waals surface area contributed by atoms with Crippen molar-refractivity contribution in [3.63, 3.8) is 0 Å². The molecule has 1 atom stereocenters. The number of fused-ring (bicyclic) bond motifs is 1. The second-order valence-electron chi connectivity index (χ2n) is 8.53. The third-order valence-corrected chi connectivity index (χ3v) is 8.10. The fraction of sp³-hybridized carbons (Fsp3) is 0.364. The summed E-state index contributed by atoms with van der Waals surface area (Å²) in [6, 6.07) is 9.57. The van der Waals surface area contributed by atoms with Crippen LogP contribution in [0.4, 0.5) is 16.1 Å². The Hall–Kier alpha value is -2.69. The number of sulfone groups is 1. The molecule has 0 spiro atoms. The standard InChI is InChI=1S/C22H23ClFN5O3S/c23-14-6-4-13(5-7-14)10-29-11-15(25)12-33(30,31)20-9-18(24)17(8-19(20)29)21-27-28-22(32-21)26-16-2-1-3-16/h4-9,15-16H,1-3,10-12,25H2,(H,26,28)/t15-/m1/s1. The number of hydrogen-bond donors (Lipinski definition) is 2. The SMILES string of the molecule is N[C@@H]1CN(Cc2ccc(Cl)cc2)c2cc(-c3nnc(NC4CCC4)o3)c(F)cc2S(=O)(=O)C1. The zero-order valence-electron chi connectivity index (χ0n) is 17.7. The van der Waals surface area contributed by atoms with Gasteiger partial charge in [-0.1, -0.05) is 28.8 Å². The maximum atomic E-state index is 15.1. The summed E-state index contributed by atoms with van der Waals surface area (Å²) >= 11 is 5.99. The monoisotopic (exact) mass is 491 g/mol. The van der Waals surface area contributed by atoms with E-state index in [2.05, 4.69) is 15.5 Å². The molecule has 2 aromatic carbocycles. The van der Waals surface area contributed by atoms with Gasteiger partial charge in [0.05, 0.1) is 21.9 Å². The van der Waals surface area contributed by atoms with E-state index in [4.69, 9.17) is 21.8 Å². The summed E-state index contributed by atoms with van der Waals surface area (Å²) in [6.45, 7) is 0.648. The van der Waals surface area contributed by atoms with Crippen molar-refractivity contribution in [3.05, 3.63) is 52.8 Å². The first-order chi connectivity index (χ1) is 15.8. The minimum atomic E-state index is -3.79. The summed E-state index contributed by atoms with van der Waals surface area (Å²) in [5.74, 6) is -1.04. The van der Waals surface area contributed by atoms with Crippen molar-refractivity contribution in [2.24, 2.45) is 5.73 Å². The van der Waals surface area contributed by atoms with Gasteiger partial charge in [0.1, 0.15) is 5.82 Å². The molecule has 2 heterocycles. The van der Waals surface area contributed by atoms with E-state index in [1.807, 2.05) is 17.0 Å². The van der Waals surface area contributed by atoms with Gasteiger partial charge in [-0.05, 0) is 49.1 Å². The predicted molar refractivity (Wildman–Crippen MR) is 123 cm³/mol. The van der Waals surface area contributed by atoms with Gasteiger partial charge in [0.15, 0.2) is 9.84 Å². The van der Waals surface area contributed by atoms with E-state index in [-0.39, 0.29) is 40.7 Å². The minimum absolute atomic E-state index is 0.0190. The van der Waals surface area contributed by atoms with Gasteiger partial charge >= 0.3 is 6.01 Å². The van der Waals surface area contributed by atoms with E-state index < -0.39 is 21.7 Å². The van der Waals surface area contributed by atoms with Crippen LogP contribution in [0.2, 0.25) is 5.02 Å². The van der Waals surface area contributed by atoms with Crippen LogP contribution < -0.4 is 16.0 Å². The van der Waals surface area contributed by atoms with E-state index >= 15 is 4.39 Å². The fourth-order valence-electron chi connectivity index (χ4n) is 4.09. The number of hydrogen-bond acceptors (Lipinski definition) is 8. The molecule has 33 heavy (non-hydrogen) atoms. The summed E-state index contributed by atoms with van der Waals surface area (Å²) in [7, 11) is -3.79. The maximum absolute atomic E-state index is 15.1. The number of benzene rings is 2. The normalized spacial score (nSPS) is 20.1. The highest BCUT2D eigenvalue weighted by Crippen LogP contribution is 2.37. The maximum Gasteiger partial charge on any atom is 0.315 e. The lowest BCUT2D eigenvalue weighted by molar-refractivity contribution is 0.430. The van der Waals surface area contributed by atoms with Crippen molar-refractivity contribution in [2.45, 2.75) is 42.8 Å². The van der Waals surface area contributed by atoms with Crippen molar-refractivity contribution in [2.75, 3.05) is 22.5 Å². The van der Waals surface area contributed by atoms with Crippen molar-refractivity contribution in [1.82, 2.24) is 10.2 Å². The molecule has 1 aromatic heterocycles. The first kappa shape index (κ1) is 22.1. The summed E-state index contributed by atoms with van der Waals surface area (Å²) in [5, 5.41) is 11.7. The van der Waals surface area contributed by atoms with Crippen molar-refractivity contribution < 1.29 is 17.2 Å². The molecule has 0 saturated heterocycles. The number of nitrogens with one attached hydrogen (secondary N) is 1. The van der Waals surface area contributed by atoms with E-state index in [0.29, 0.717) is 17.3 Å². The zero-order chi connectivity index (χ0) is 23.2. The van der Waals surface area contributed by atoms with Gasteiger partial charge in [0.2, 0.25) is 0 Å². The molecule has 11 heteroatoms. The van der Waals surface area contributed by atoms with E-state index in [1.165, 1.54) is 6.07 Å².